The van der Waals surface area contributed by atoms with Gasteiger partial charge in [0, 0.05) is 17.7 Å². The molecule has 1 aromatic carbocycles. The molecule has 5 nitrogen and oxygen atoms in total. The van der Waals surface area contributed by atoms with Crippen LogP contribution in [0.5, 0.6) is 0 Å². The average Bonchev–Trinajstić information content (AvgIpc) is 2.92. The van der Waals surface area contributed by atoms with Crippen molar-refractivity contribution in [2.45, 2.75) is 12.8 Å². The van der Waals surface area contributed by atoms with Crippen molar-refractivity contribution < 1.29 is 4.79 Å². The summed E-state index contributed by atoms with van der Waals surface area (Å²) >= 11 is 3.55. The van der Waals surface area contributed by atoms with Gasteiger partial charge in [-0.15, -0.1) is 0 Å². The molecule has 0 saturated heterocycles. The van der Waals surface area contributed by atoms with Crippen molar-refractivity contribution in [1.82, 2.24) is 10.2 Å². The molecule has 3 rings (SSSR count). The normalized spacial score (nSPS) is 13.5. The molecule has 1 aliphatic rings. The van der Waals surface area contributed by atoms with Gasteiger partial charge < -0.3 is 11.1 Å². The van der Waals surface area contributed by atoms with E-state index in [2.05, 4.69) is 31.4 Å². The van der Waals surface area contributed by atoms with Gasteiger partial charge in [0.05, 0.1) is 16.6 Å². The summed E-state index contributed by atoms with van der Waals surface area (Å²) in [6, 6.07) is 5.87. The number of halogens is 1. The maximum Gasteiger partial charge on any atom is 0.228 e. The highest BCUT2D eigenvalue weighted by Gasteiger charge is 2.19. The van der Waals surface area contributed by atoms with E-state index in [0.29, 0.717) is 13.0 Å². The van der Waals surface area contributed by atoms with Crippen LogP contribution >= 0.6 is 15.9 Å². The van der Waals surface area contributed by atoms with Gasteiger partial charge in [-0.25, -0.2) is 0 Å². The molecule has 98 valence electrons. The lowest BCUT2D eigenvalue weighted by atomic mass is 10.1. The predicted molar refractivity (Wildman–Crippen MR) is 76.8 cm³/mol. The Labute approximate surface area is 118 Å². The third-order valence-corrected chi connectivity index (χ3v) is 4.03. The summed E-state index contributed by atoms with van der Waals surface area (Å²) in [5.41, 5.74) is 10.3. The van der Waals surface area contributed by atoms with Gasteiger partial charge in [0.1, 0.15) is 5.69 Å². The first-order valence-corrected chi connectivity index (χ1v) is 6.84. The van der Waals surface area contributed by atoms with Crippen molar-refractivity contribution in [3.8, 4) is 11.3 Å². The van der Waals surface area contributed by atoms with E-state index >= 15 is 0 Å². The number of H-pyrrole nitrogens is 1. The molecule has 1 aromatic heterocycles. The number of aromatic amines is 1. The van der Waals surface area contributed by atoms with Crippen LogP contribution in [0.2, 0.25) is 0 Å². The molecule has 0 saturated carbocycles. The molecule has 0 radical (unpaired) electrons. The van der Waals surface area contributed by atoms with Crippen LogP contribution in [0.3, 0.4) is 0 Å². The standard InChI is InChI=1S/C13H13BrN4O/c14-12-10(3-4-15)17-18-13(12)7-1-2-9-8(5-7)6-11(19)16-9/h1-2,5H,3-4,6,15H2,(H,16,19)(H,17,18). The number of nitrogens with two attached hydrogens (primary N) is 1. The lowest BCUT2D eigenvalue weighted by Gasteiger charge is -2.02. The Morgan fingerprint density at radius 3 is 3.05 bits per heavy atom. The molecule has 6 heteroatoms. The van der Waals surface area contributed by atoms with E-state index in [-0.39, 0.29) is 5.91 Å². The van der Waals surface area contributed by atoms with Crippen LogP contribution < -0.4 is 11.1 Å². The third-order valence-electron chi connectivity index (χ3n) is 3.17. The first-order chi connectivity index (χ1) is 9.19. The first-order valence-electron chi connectivity index (χ1n) is 6.05. The predicted octanol–water partition coefficient (Wildman–Crippen LogP) is 1.83. The Bertz CT molecular complexity index is 650. The number of benzene rings is 1. The summed E-state index contributed by atoms with van der Waals surface area (Å²) in [5, 5.41) is 10.1. The molecule has 1 aliphatic heterocycles. The van der Waals surface area contributed by atoms with Gasteiger partial charge in [0.2, 0.25) is 5.91 Å². The second-order valence-electron chi connectivity index (χ2n) is 4.50. The van der Waals surface area contributed by atoms with Gasteiger partial charge in [-0.05, 0) is 40.2 Å². The monoisotopic (exact) mass is 320 g/mol. The van der Waals surface area contributed by atoms with E-state index in [1.165, 1.54) is 0 Å². The topological polar surface area (TPSA) is 83.8 Å². The number of aromatic nitrogens is 2. The van der Waals surface area contributed by atoms with Crippen LogP contribution in [-0.4, -0.2) is 22.6 Å². The van der Waals surface area contributed by atoms with Crippen LogP contribution in [0.1, 0.15) is 11.3 Å². The lowest BCUT2D eigenvalue weighted by Crippen LogP contribution is -2.03. The quantitative estimate of drug-likeness (QED) is 0.806. The Balaban J connectivity index is 1.99. The molecule has 4 N–H and O–H groups in total. The van der Waals surface area contributed by atoms with Crippen LogP contribution in [0, 0.1) is 0 Å². The van der Waals surface area contributed by atoms with Crippen LogP contribution in [0.4, 0.5) is 5.69 Å². The summed E-state index contributed by atoms with van der Waals surface area (Å²) in [4.78, 5) is 11.3. The number of hydrogen-bond acceptors (Lipinski definition) is 3. The Kier molecular flexibility index (Phi) is 3.12. The number of nitrogens with one attached hydrogen (secondary N) is 2. The molecule has 2 aromatic rings. The zero-order chi connectivity index (χ0) is 13.4. The number of amides is 1. The molecular formula is C13H13BrN4O. The summed E-state index contributed by atoms with van der Waals surface area (Å²) in [6.45, 7) is 0.572. The van der Waals surface area contributed by atoms with E-state index in [9.17, 15) is 4.79 Å². The van der Waals surface area contributed by atoms with Crippen LogP contribution in [0.25, 0.3) is 11.3 Å². The van der Waals surface area contributed by atoms with Gasteiger partial charge in [0.15, 0.2) is 0 Å². The summed E-state index contributed by atoms with van der Waals surface area (Å²) < 4.78 is 0.940. The Morgan fingerprint density at radius 1 is 1.42 bits per heavy atom. The highest BCUT2D eigenvalue weighted by Crippen LogP contribution is 2.33. The van der Waals surface area contributed by atoms with Gasteiger partial charge in [-0.1, -0.05) is 6.07 Å². The molecule has 0 aliphatic carbocycles. The maximum absolute atomic E-state index is 11.3. The Hall–Kier alpha value is -1.66. The van der Waals surface area contributed by atoms with Crippen LogP contribution in [-0.2, 0) is 17.6 Å². The van der Waals surface area contributed by atoms with E-state index in [0.717, 1.165) is 39.1 Å². The Morgan fingerprint density at radius 2 is 2.26 bits per heavy atom. The molecule has 0 atom stereocenters. The molecule has 2 heterocycles. The minimum atomic E-state index is 0.0389. The van der Waals surface area contributed by atoms with Gasteiger partial charge in [-0.2, -0.15) is 5.10 Å². The van der Waals surface area contributed by atoms with Crippen molar-refractivity contribution in [3.63, 3.8) is 0 Å². The first kappa shape index (κ1) is 12.4. The van der Waals surface area contributed by atoms with E-state index < -0.39 is 0 Å². The number of fused-ring (bicyclic) bond motifs is 1. The highest BCUT2D eigenvalue weighted by atomic mass is 79.9. The van der Waals surface area contributed by atoms with E-state index in [1.807, 2.05) is 18.2 Å². The fraction of sp³-hybridized carbons (Fsp3) is 0.231. The summed E-state index contributed by atoms with van der Waals surface area (Å²) in [6.07, 6.45) is 1.18. The molecule has 19 heavy (non-hydrogen) atoms. The number of nitrogens with zero attached hydrogens (tertiary/aromatic N) is 1. The minimum absolute atomic E-state index is 0.0389. The molecule has 0 unspecified atom stereocenters. The zero-order valence-corrected chi connectivity index (χ0v) is 11.8. The highest BCUT2D eigenvalue weighted by molar-refractivity contribution is 9.10. The average molecular weight is 321 g/mol. The molecule has 0 fully saturated rings. The number of hydrogen-bond donors (Lipinski definition) is 3. The maximum atomic E-state index is 11.3. The van der Waals surface area contributed by atoms with Crippen molar-refractivity contribution in [2.24, 2.45) is 5.73 Å². The molecule has 0 spiro atoms. The smallest absolute Gasteiger partial charge is 0.228 e. The van der Waals surface area contributed by atoms with Gasteiger partial charge in [-0.3, -0.25) is 9.89 Å². The van der Waals surface area contributed by atoms with E-state index in [1.54, 1.807) is 0 Å². The summed E-state index contributed by atoms with van der Waals surface area (Å²) in [7, 11) is 0. The van der Waals surface area contributed by atoms with Crippen molar-refractivity contribution in [3.05, 3.63) is 33.9 Å². The van der Waals surface area contributed by atoms with Gasteiger partial charge >= 0.3 is 0 Å². The lowest BCUT2D eigenvalue weighted by molar-refractivity contribution is -0.115. The molecule has 1 amide bonds. The number of carbonyl (C=O) groups is 1. The number of carbonyl (C=O) groups excluding carboxylic acids is 1. The van der Waals surface area contributed by atoms with Crippen molar-refractivity contribution in [1.29, 1.82) is 0 Å². The van der Waals surface area contributed by atoms with E-state index in [4.69, 9.17) is 5.73 Å². The van der Waals surface area contributed by atoms with Crippen molar-refractivity contribution in [2.75, 3.05) is 11.9 Å². The summed E-state index contributed by atoms with van der Waals surface area (Å²) in [5.74, 6) is 0.0389. The fourth-order valence-electron chi connectivity index (χ4n) is 2.24. The molecule has 0 bridgehead atoms. The minimum Gasteiger partial charge on any atom is -0.330 e. The molecular weight excluding hydrogens is 308 g/mol. The second kappa shape index (κ2) is 4.79. The zero-order valence-electron chi connectivity index (χ0n) is 10.2. The number of anilines is 1. The fourth-order valence-corrected chi connectivity index (χ4v) is 2.85. The van der Waals surface area contributed by atoms with Crippen LogP contribution in [0.15, 0.2) is 22.7 Å². The second-order valence-corrected chi connectivity index (χ2v) is 5.29. The third kappa shape index (κ3) is 2.17. The largest absolute Gasteiger partial charge is 0.330 e. The number of rotatable bonds is 3. The van der Waals surface area contributed by atoms with Crippen molar-refractivity contribution >= 4 is 27.5 Å². The SMILES string of the molecule is NCCc1[nH]nc(-c2ccc3c(c2)CC(=O)N3)c1Br. The van der Waals surface area contributed by atoms with Gasteiger partial charge in [0.25, 0.3) is 0 Å².